The molecule has 2 unspecified atom stereocenters. The predicted molar refractivity (Wildman–Crippen MR) is 139 cm³/mol. The van der Waals surface area contributed by atoms with Crippen molar-refractivity contribution in [1.82, 2.24) is 4.57 Å². The van der Waals surface area contributed by atoms with Crippen molar-refractivity contribution in [3.05, 3.63) is 94.8 Å². The number of nitrogens with zero attached hydrogens (tertiary/aromatic N) is 1. The average Bonchev–Trinajstić information content (AvgIpc) is 3.37. The summed E-state index contributed by atoms with van der Waals surface area (Å²) in [5, 5.41) is 23.3. The van der Waals surface area contributed by atoms with Crippen LogP contribution in [0.4, 0.5) is 5.69 Å². The number of anilines is 1. The molecule has 36 heavy (non-hydrogen) atoms. The van der Waals surface area contributed by atoms with Crippen LogP contribution in [0.5, 0.6) is 5.75 Å². The minimum absolute atomic E-state index is 0.0771. The Morgan fingerprint density at radius 1 is 1.08 bits per heavy atom. The molecule has 3 N–H and O–H groups in total. The van der Waals surface area contributed by atoms with E-state index in [0.717, 1.165) is 33.4 Å². The van der Waals surface area contributed by atoms with Crippen LogP contribution < -0.4 is 5.32 Å². The number of para-hydroxylation sites is 1. The Balaban J connectivity index is 1.38. The maximum atomic E-state index is 13.2. The van der Waals surface area contributed by atoms with Gasteiger partial charge in [-0.2, -0.15) is 0 Å². The van der Waals surface area contributed by atoms with E-state index in [1.165, 1.54) is 0 Å². The fraction of sp³-hybridized carbons (Fsp3) is 0.172. The van der Waals surface area contributed by atoms with E-state index >= 15 is 0 Å². The predicted octanol–water partition coefficient (Wildman–Crippen LogP) is 6.28. The summed E-state index contributed by atoms with van der Waals surface area (Å²) >= 11 is 6.66. The second kappa shape index (κ2) is 8.00. The van der Waals surface area contributed by atoms with Crippen LogP contribution in [-0.4, -0.2) is 26.7 Å². The number of carboxylic acids is 1. The third kappa shape index (κ3) is 3.25. The number of carbonyl (C=O) groups excluding carboxylic acids is 1. The Hall–Kier alpha value is -4.03. The maximum Gasteiger partial charge on any atom is 0.352 e. The molecule has 1 aromatic heterocycles. The maximum absolute atomic E-state index is 13.2. The summed E-state index contributed by atoms with van der Waals surface area (Å²) in [6.07, 6.45) is 2.47. The van der Waals surface area contributed by atoms with Gasteiger partial charge in [-0.05, 0) is 59.9 Å². The van der Waals surface area contributed by atoms with Crippen LogP contribution in [0, 0.1) is 0 Å². The van der Waals surface area contributed by atoms with E-state index in [0.29, 0.717) is 23.7 Å². The SMILES string of the molecule is CCn1cc(C2CC23C(=O)Nc2cc(Cl)c(-c4ccc(-c5ccccc5O)cc4)cc23)cc1C(=O)O. The number of carbonyl (C=O) groups is 2. The van der Waals surface area contributed by atoms with Crippen LogP contribution >= 0.6 is 11.6 Å². The van der Waals surface area contributed by atoms with Crippen molar-refractivity contribution < 1.29 is 19.8 Å². The highest BCUT2D eigenvalue weighted by molar-refractivity contribution is 6.34. The van der Waals surface area contributed by atoms with Crippen molar-refractivity contribution in [2.45, 2.75) is 31.2 Å². The zero-order chi connectivity index (χ0) is 25.2. The summed E-state index contributed by atoms with van der Waals surface area (Å²) in [6, 6.07) is 20.4. The van der Waals surface area contributed by atoms with Gasteiger partial charge in [-0.1, -0.05) is 54.1 Å². The van der Waals surface area contributed by atoms with Gasteiger partial charge in [0.1, 0.15) is 11.4 Å². The summed E-state index contributed by atoms with van der Waals surface area (Å²) in [5.41, 5.74) is 5.32. The minimum atomic E-state index is -0.976. The van der Waals surface area contributed by atoms with Gasteiger partial charge in [0.2, 0.25) is 5.91 Å². The molecule has 6 nitrogen and oxygen atoms in total. The van der Waals surface area contributed by atoms with E-state index in [9.17, 15) is 19.8 Å². The number of hydrogen-bond acceptors (Lipinski definition) is 3. The van der Waals surface area contributed by atoms with E-state index in [-0.39, 0.29) is 23.3 Å². The van der Waals surface area contributed by atoms with Crippen LogP contribution in [0.1, 0.15) is 40.9 Å². The van der Waals surface area contributed by atoms with Crippen LogP contribution in [0.15, 0.2) is 72.9 Å². The molecule has 180 valence electrons. The van der Waals surface area contributed by atoms with Crippen LogP contribution in [0.25, 0.3) is 22.3 Å². The molecule has 0 radical (unpaired) electrons. The molecule has 1 fully saturated rings. The van der Waals surface area contributed by atoms with Crippen molar-refractivity contribution in [3.63, 3.8) is 0 Å². The highest BCUT2D eigenvalue weighted by Crippen LogP contribution is 2.65. The molecule has 2 atom stereocenters. The average molecular weight is 499 g/mol. The molecular weight excluding hydrogens is 476 g/mol. The summed E-state index contributed by atoms with van der Waals surface area (Å²) in [5.74, 6) is -0.931. The molecule has 1 spiro atoms. The Kier molecular flexibility index (Phi) is 4.99. The van der Waals surface area contributed by atoms with E-state index in [1.807, 2.05) is 55.6 Å². The van der Waals surface area contributed by atoms with Gasteiger partial charge < -0.3 is 20.1 Å². The molecule has 7 heteroatoms. The fourth-order valence-electron chi connectivity index (χ4n) is 5.55. The lowest BCUT2D eigenvalue weighted by Gasteiger charge is -2.12. The van der Waals surface area contributed by atoms with Gasteiger partial charge in [0.15, 0.2) is 0 Å². The van der Waals surface area contributed by atoms with Gasteiger partial charge in [0.05, 0.1) is 10.4 Å². The number of fused-ring (bicyclic) bond motifs is 2. The summed E-state index contributed by atoms with van der Waals surface area (Å²) in [7, 11) is 0. The molecule has 2 aliphatic rings. The number of aromatic hydroxyl groups is 1. The first-order chi connectivity index (χ1) is 17.3. The lowest BCUT2D eigenvalue weighted by atomic mass is 9.90. The number of phenols is 1. The number of carboxylic acid groups (broad SMARTS) is 1. The van der Waals surface area contributed by atoms with Crippen molar-refractivity contribution in [2.75, 3.05) is 5.32 Å². The second-order valence-corrected chi connectivity index (χ2v) is 9.81. The first kappa shape index (κ1) is 22.4. The van der Waals surface area contributed by atoms with Crippen LogP contribution in [0.2, 0.25) is 5.02 Å². The number of rotatable bonds is 5. The smallest absolute Gasteiger partial charge is 0.352 e. The summed E-state index contributed by atoms with van der Waals surface area (Å²) in [6.45, 7) is 2.44. The number of aromatic carboxylic acids is 1. The normalized spacial score (nSPS) is 19.8. The number of phenolic OH excluding ortho intramolecular Hbond substituents is 1. The number of aromatic nitrogens is 1. The number of nitrogens with one attached hydrogen (secondary N) is 1. The van der Waals surface area contributed by atoms with Crippen LogP contribution in [-0.2, 0) is 16.8 Å². The quantitative estimate of drug-likeness (QED) is 0.302. The summed E-state index contributed by atoms with van der Waals surface area (Å²) in [4.78, 5) is 24.8. The Labute approximate surface area is 212 Å². The van der Waals surface area contributed by atoms with Gasteiger partial charge in [-0.3, -0.25) is 4.79 Å². The third-order valence-electron chi connectivity index (χ3n) is 7.49. The number of hydrogen-bond donors (Lipinski definition) is 3. The Morgan fingerprint density at radius 3 is 2.42 bits per heavy atom. The lowest BCUT2D eigenvalue weighted by molar-refractivity contribution is -0.118. The number of benzene rings is 3. The van der Waals surface area contributed by atoms with E-state index in [2.05, 4.69) is 5.32 Å². The Morgan fingerprint density at radius 2 is 1.78 bits per heavy atom. The summed E-state index contributed by atoms with van der Waals surface area (Å²) < 4.78 is 1.71. The molecule has 0 bridgehead atoms. The Bertz CT molecular complexity index is 1560. The lowest BCUT2D eigenvalue weighted by Crippen LogP contribution is -2.20. The van der Waals surface area contributed by atoms with Crippen LogP contribution in [0.3, 0.4) is 0 Å². The number of amides is 1. The van der Waals surface area contributed by atoms with Gasteiger partial charge in [-0.15, -0.1) is 0 Å². The first-order valence-electron chi connectivity index (χ1n) is 11.8. The van der Waals surface area contributed by atoms with Crippen molar-refractivity contribution >= 4 is 29.2 Å². The first-order valence-corrected chi connectivity index (χ1v) is 12.2. The van der Waals surface area contributed by atoms with E-state index < -0.39 is 11.4 Å². The van der Waals surface area contributed by atoms with E-state index in [4.69, 9.17) is 11.6 Å². The van der Waals surface area contributed by atoms with Gasteiger partial charge in [0.25, 0.3) is 0 Å². The highest BCUT2D eigenvalue weighted by Gasteiger charge is 2.65. The number of halogens is 1. The molecule has 1 aliphatic carbocycles. The molecule has 1 saturated carbocycles. The van der Waals surface area contributed by atoms with E-state index in [1.54, 1.807) is 28.8 Å². The third-order valence-corrected chi connectivity index (χ3v) is 7.81. The zero-order valence-corrected chi connectivity index (χ0v) is 20.2. The second-order valence-electron chi connectivity index (χ2n) is 9.40. The minimum Gasteiger partial charge on any atom is -0.507 e. The van der Waals surface area contributed by atoms with Crippen molar-refractivity contribution in [1.29, 1.82) is 0 Å². The molecule has 4 aromatic rings. The van der Waals surface area contributed by atoms with Crippen molar-refractivity contribution in [2.24, 2.45) is 0 Å². The fourth-order valence-corrected chi connectivity index (χ4v) is 5.82. The topological polar surface area (TPSA) is 91.6 Å². The van der Waals surface area contributed by atoms with Gasteiger partial charge >= 0.3 is 5.97 Å². The number of aryl methyl sites for hydroxylation is 1. The largest absolute Gasteiger partial charge is 0.507 e. The molecular formula is C29H23ClN2O4. The standard InChI is InChI=1S/C29H23ClN2O4/c1-2-32-15-18(11-25(32)27(34)35)22-14-29(22)21-12-20(23(30)13-24(21)31-28(29)36)17-9-7-16(8-10-17)19-5-3-4-6-26(19)33/h3-13,15,22,33H,2,14H2,1H3,(H,31,36)(H,34,35). The van der Waals surface area contributed by atoms with Crippen molar-refractivity contribution in [3.8, 4) is 28.0 Å². The zero-order valence-electron chi connectivity index (χ0n) is 19.5. The molecule has 0 saturated heterocycles. The molecule has 3 aromatic carbocycles. The van der Waals surface area contributed by atoms with Gasteiger partial charge in [0, 0.05) is 35.5 Å². The molecule has 2 heterocycles. The van der Waals surface area contributed by atoms with Gasteiger partial charge in [-0.25, -0.2) is 4.79 Å². The molecule has 6 rings (SSSR count). The monoisotopic (exact) mass is 498 g/mol. The highest BCUT2D eigenvalue weighted by atomic mass is 35.5. The molecule has 1 aliphatic heterocycles. The molecule has 1 amide bonds.